The summed E-state index contributed by atoms with van der Waals surface area (Å²) in [6, 6.07) is 13.4. The minimum absolute atomic E-state index is 0.0109. The number of sulfonamides is 1. The maximum Gasteiger partial charge on any atom is 0.232 e. The van der Waals surface area contributed by atoms with E-state index in [0.717, 1.165) is 11.1 Å². The number of nitrogens with one attached hydrogen (secondary N) is 1. The third-order valence-corrected chi connectivity index (χ3v) is 5.57. The molecule has 0 saturated carbocycles. The van der Waals surface area contributed by atoms with Gasteiger partial charge in [-0.3, -0.25) is 4.72 Å². The molecule has 1 N–H and O–H groups in total. The number of nitriles is 1. The Hall–Kier alpha value is -2.85. The van der Waals surface area contributed by atoms with Crippen LogP contribution in [0.3, 0.4) is 0 Å². The van der Waals surface area contributed by atoms with Crippen LogP contribution in [0.4, 0.5) is 10.1 Å². The second-order valence-electron chi connectivity index (χ2n) is 6.53. The summed E-state index contributed by atoms with van der Waals surface area (Å²) in [5, 5.41) is 10.2. The molecule has 0 aliphatic heterocycles. The fourth-order valence-electron chi connectivity index (χ4n) is 3.02. The number of rotatable bonds is 5. The molecule has 0 aliphatic rings. The maximum absolute atomic E-state index is 13.7. The molecule has 0 aliphatic carbocycles. The minimum Gasteiger partial charge on any atom is -0.340 e. The predicted octanol–water partition coefficient (Wildman–Crippen LogP) is 5.52. The first-order valence-corrected chi connectivity index (χ1v) is 11.3. The fourth-order valence-corrected chi connectivity index (χ4v) is 3.66. The largest absolute Gasteiger partial charge is 0.340 e. The van der Waals surface area contributed by atoms with Gasteiger partial charge in [0.1, 0.15) is 11.9 Å². The van der Waals surface area contributed by atoms with Crippen LogP contribution in [0, 0.1) is 17.1 Å². The van der Waals surface area contributed by atoms with E-state index in [9.17, 15) is 18.1 Å². The van der Waals surface area contributed by atoms with E-state index in [4.69, 9.17) is 0 Å². The molecule has 3 aromatic rings. The molecule has 0 amide bonds. The zero-order valence-electron chi connectivity index (χ0n) is 17.2. The molecule has 0 saturated heterocycles. The van der Waals surface area contributed by atoms with E-state index >= 15 is 0 Å². The normalized spacial score (nSPS) is 10.9. The number of aromatic nitrogens is 1. The van der Waals surface area contributed by atoms with Crippen LogP contribution in [0.15, 0.2) is 42.5 Å². The summed E-state index contributed by atoms with van der Waals surface area (Å²) in [7, 11) is -3.35. The molecule has 1 aromatic heterocycles. The van der Waals surface area contributed by atoms with Crippen molar-refractivity contribution in [2.24, 2.45) is 0 Å². The van der Waals surface area contributed by atoms with Crippen LogP contribution in [-0.4, -0.2) is 18.7 Å². The van der Waals surface area contributed by atoms with Crippen LogP contribution >= 0.6 is 0 Å². The monoisotopic (exact) mass is 415 g/mol. The zero-order chi connectivity index (χ0) is 21.6. The molecule has 1 heterocycles. The van der Waals surface area contributed by atoms with Gasteiger partial charge in [0.15, 0.2) is 0 Å². The smallest absolute Gasteiger partial charge is 0.232 e. The van der Waals surface area contributed by atoms with Gasteiger partial charge in [0.25, 0.3) is 0 Å². The van der Waals surface area contributed by atoms with Crippen molar-refractivity contribution < 1.29 is 12.8 Å². The predicted molar refractivity (Wildman–Crippen MR) is 117 cm³/mol. The first kappa shape index (κ1) is 22.4. The van der Waals surface area contributed by atoms with Gasteiger partial charge in [-0.1, -0.05) is 32.4 Å². The van der Waals surface area contributed by atoms with Gasteiger partial charge in [-0.25, -0.2) is 12.8 Å². The van der Waals surface area contributed by atoms with Gasteiger partial charge >= 0.3 is 0 Å². The number of hydrogen-bond acceptors (Lipinski definition) is 3. The molecule has 154 valence electrons. The standard InChI is InChI=1S/C19H18FN3O2S.C3H8/c1-3-23-18-10-7-14(20)11-16(18)17(12-21)19(23)13-5-8-15(9-6-13)22-26(24,25)4-2;1-3-2/h5-11,22H,3-4H2,1-2H3;3H2,1-2H3. The molecule has 7 heteroatoms. The second kappa shape index (κ2) is 9.57. The van der Waals surface area contributed by atoms with Crippen LogP contribution in [0.2, 0.25) is 0 Å². The highest BCUT2D eigenvalue weighted by Crippen LogP contribution is 2.34. The highest BCUT2D eigenvalue weighted by molar-refractivity contribution is 7.92. The van der Waals surface area contributed by atoms with E-state index in [2.05, 4.69) is 24.6 Å². The number of anilines is 1. The lowest BCUT2D eigenvalue weighted by molar-refractivity contribution is 0.602. The average Bonchev–Trinajstić information content (AvgIpc) is 3.01. The van der Waals surface area contributed by atoms with Crippen LogP contribution in [0.1, 0.15) is 39.7 Å². The van der Waals surface area contributed by atoms with Crippen molar-refractivity contribution in [3.63, 3.8) is 0 Å². The second-order valence-corrected chi connectivity index (χ2v) is 8.54. The van der Waals surface area contributed by atoms with Crippen molar-refractivity contribution in [1.29, 1.82) is 5.26 Å². The Bertz CT molecular complexity index is 1130. The molecular formula is C22H26FN3O2S. The molecule has 0 atom stereocenters. The molecule has 0 spiro atoms. The third kappa shape index (κ3) is 4.96. The molecule has 0 unspecified atom stereocenters. The molecule has 0 bridgehead atoms. The summed E-state index contributed by atoms with van der Waals surface area (Å²) in [6.07, 6.45) is 1.25. The lowest BCUT2D eigenvalue weighted by Gasteiger charge is -2.10. The number of aryl methyl sites for hydroxylation is 1. The summed E-state index contributed by atoms with van der Waals surface area (Å²) in [5.74, 6) is -0.402. The highest BCUT2D eigenvalue weighted by Gasteiger charge is 2.18. The molecular weight excluding hydrogens is 389 g/mol. The SMILES string of the molecule is CCC.CCn1c(-c2ccc(NS(=O)(=O)CC)cc2)c(C#N)c2cc(F)ccc21. The Morgan fingerprint density at radius 1 is 1.07 bits per heavy atom. The zero-order valence-corrected chi connectivity index (χ0v) is 18.0. The van der Waals surface area contributed by atoms with E-state index in [0.29, 0.717) is 28.9 Å². The number of fused-ring (bicyclic) bond motifs is 1. The number of hydrogen-bond donors (Lipinski definition) is 1. The van der Waals surface area contributed by atoms with Crippen molar-refractivity contribution in [2.45, 2.75) is 40.7 Å². The Morgan fingerprint density at radius 3 is 2.21 bits per heavy atom. The van der Waals surface area contributed by atoms with E-state index in [1.807, 2.05) is 11.5 Å². The van der Waals surface area contributed by atoms with E-state index in [-0.39, 0.29) is 5.75 Å². The molecule has 29 heavy (non-hydrogen) atoms. The number of halogens is 1. The van der Waals surface area contributed by atoms with Crippen LogP contribution < -0.4 is 4.72 Å². The van der Waals surface area contributed by atoms with Crippen molar-refractivity contribution in [2.75, 3.05) is 10.5 Å². The number of benzene rings is 2. The summed E-state index contributed by atoms with van der Waals surface area (Å²) in [5.41, 5.74) is 3.11. The molecule has 3 rings (SSSR count). The summed E-state index contributed by atoms with van der Waals surface area (Å²) in [4.78, 5) is 0. The summed E-state index contributed by atoms with van der Waals surface area (Å²) >= 11 is 0. The van der Waals surface area contributed by atoms with E-state index < -0.39 is 15.8 Å². The third-order valence-electron chi connectivity index (χ3n) is 4.27. The molecule has 5 nitrogen and oxygen atoms in total. The Kier molecular flexibility index (Phi) is 7.40. The van der Waals surface area contributed by atoms with Crippen molar-refractivity contribution in [3.8, 4) is 17.3 Å². The summed E-state index contributed by atoms with van der Waals surface area (Å²) in [6.45, 7) is 8.38. The van der Waals surface area contributed by atoms with Gasteiger partial charge in [-0.2, -0.15) is 5.26 Å². The van der Waals surface area contributed by atoms with Crippen LogP contribution in [-0.2, 0) is 16.6 Å². The van der Waals surface area contributed by atoms with Gasteiger partial charge < -0.3 is 4.57 Å². The first-order valence-electron chi connectivity index (χ1n) is 9.64. The van der Waals surface area contributed by atoms with Crippen LogP contribution in [0.5, 0.6) is 0 Å². The van der Waals surface area contributed by atoms with Gasteiger partial charge in [-0.05, 0) is 49.7 Å². The van der Waals surface area contributed by atoms with E-state index in [1.165, 1.54) is 18.6 Å². The van der Waals surface area contributed by atoms with Crippen molar-refractivity contribution in [3.05, 3.63) is 53.8 Å². The Balaban J connectivity index is 0.000000941. The topological polar surface area (TPSA) is 74.9 Å². The molecule has 2 aromatic carbocycles. The van der Waals surface area contributed by atoms with Gasteiger partial charge in [0.05, 0.1) is 22.5 Å². The van der Waals surface area contributed by atoms with Gasteiger partial charge in [0, 0.05) is 17.6 Å². The lowest BCUT2D eigenvalue weighted by atomic mass is 10.1. The van der Waals surface area contributed by atoms with Gasteiger partial charge in [0.2, 0.25) is 10.0 Å². The van der Waals surface area contributed by atoms with E-state index in [1.54, 1.807) is 37.3 Å². The summed E-state index contributed by atoms with van der Waals surface area (Å²) < 4.78 is 41.5. The van der Waals surface area contributed by atoms with Crippen molar-refractivity contribution >= 4 is 26.6 Å². The Labute approximate surface area is 171 Å². The van der Waals surface area contributed by atoms with Crippen molar-refractivity contribution in [1.82, 2.24) is 4.57 Å². The minimum atomic E-state index is -3.35. The average molecular weight is 416 g/mol. The van der Waals surface area contributed by atoms with Crippen LogP contribution in [0.25, 0.3) is 22.2 Å². The Morgan fingerprint density at radius 2 is 1.69 bits per heavy atom. The van der Waals surface area contributed by atoms with Gasteiger partial charge in [-0.15, -0.1) is 0 Å². The lowest BCUT2D eigenvalue weighted by Crippen LogP contribution is -2.14. The molecule has 0 radical (unpaired) electrons. The maximum atomic E-state index is 13.7. The quantitative estimate of drug-likeness (QED) is 0.596. The fraction of sp³-hybridized carbons (Fsp3) is 0.318. The first-order chi connectivity index (χ1) is 13.8. The highest BCUT2D eigenvalue weighted by atomic mass is 32.2. The molecule has 0 fully saturated rings. The number of nitrogens with zero attached hydrogens (tertiary/aromatic N) is 2.